The van der Waals surface area contributed by atoms with E-state index in [9.17, 15) is 9.59 Å². The van der Waals surface area contributed by atoms with Crippen LogP contribution in [0.3, 0.4) is 0 Å². The molecular weight excluding hydrogens is 262 g/mol. The van der Waals surface area contributed by atoms with Gasteiger partial charge in [-0.1, -0.05) is 17.7 Å². The second-order valence-electron chi connectivity index (χ2n) is 4.15. The van der Waals surface area contributed by atoms with Crippen LogP contribution in [-0.4, -0.2) is 30.5 Å². The molecule has 0 bridgehead atoms. The molecule has 4 nitrogen and oxygen atoms in total. The summed E-state index contributed by atoms with van der Waals surface area (Å²) in [6, 6.07) is 7.68. The largest absolute Gasteiger partial charge is 0.469 e. The highest BCUT2D eigenvalue weighted by atomic mass is 32.2. The number of benzene rings is 1. The Hall–Kier alpha value is -1.49. The molecule has 5 heteroatoms. The van der Waals surface area contributed by atoms with E-state index in [1.54, 1.807) is 0 Å². The number of carbonyl (C=O) groups is 2. The second kappa shape index (κ2) is 8.58. The summed E-state index contributed by atoms with van der Waals surface area (Å²) in [7, 11) is 1.38. The van der Waals surface area contributed by atoms with Gasteiger partial charge in [-0.25, -0.2) is 0 Å². The minimum atomic E-state index is -0.204. The molecule has 0 atom stereocenters. The topological polar surface area (TPSA) is 55.4 Å². The molecule has 1 N–H and O–H groups in total. The van der Waals surface area contributed by atoms with E-state index in [-0.39, 0.29) is 11.9 Å². The Morgan fingerprint density at radius 1 is 1.26 bits per heavy atom. The monoisotopic (exact) mass is 281 g/mol. The van der Waals surface area contributed by atoms with Crippen LogP contribution in [0.25, 0.3) is 0 Å². The molecule has 0 aliphatic carbocycles. The van der Waals surface area contributed by atoms with E-state index in [0.717, 1.165) is 23.4 Å². The second-order valence-corrected chi connectivity index (χ2v) is 5.25. The van der Waals surface area contributed by atoms with Crippen molar-refractivity contribution in [3.63, 3.8) is 0 Å². The lowest BCUT2D eigenvalue weighted by molar-refractivity contribution is -0.140. The first kappa shape index (κ1) is 15.6. The molecule has 0 saturated heterocycles. The average Bonchev–Trinajstić information content (AvgIpc) is 2.40. The van der Waals surface area contributed by atoms with Gasteiger partial charge in [-0.15, -0.1) is 0 Å². The lowest BCUT2D eigenvalue weighted by Gasteiger charge is -2.05. The number of anilines is 1. The molecule has 1 aromatic carbocycles. The summed E-state index contributed by atoms with van der Waals surface area (Å²) in [6.07, 6.45) is 1.14. The Balaban J connectivity index is 2.14. The van der Waals surface area contributed by atoms with E-state index < -0.39 is 0 Å². The maximum absolute atomic E-state index is 11.6. The number of aryl methyl sites for hydroxylation is 1. The third-order valence-corrected chi connectivity index (χ3v) is 3.51. The van der Waals surface area contributed by atoms with Crippen LogP contribution in [0.2, 0.25) is 0 Å². The van der Waals surface area contributed by atoms with Crippen molar-refractivity contribution in [3.05, 3.63) is 29.8 Å². The van der Waals surface area contributed by atoms with Gasteiger partial charge in [0.15, 0.2) is 0 Å². The van der Waals surface area contributed by atoms with Crippen LogP contribution < -0.4 is 5.32 Å². The van der Waals surface area contributed by atoms with Crippen LogP contribution in [0.4, 0.5) is 5.69 Å². The molecule has 1 amide bonds. The summed E-state index contributed by atoms with van der Waals surface area (Å²) >= 11 is 1.52. The molecule has 0 fully saturated rings. The van der Waals surface area contributed by atoms with Gasteiger partial charge in [0.25, 0.3) is 0 Å². The van der Waals surface area contributed by atoms with Gasteiger partial charge >= 0.3 is 5.97 Å². The molecule has 0 saturated carbocycles. The van der Waals surface area contributed by atoms with Gasteiger partial charge in [0.1, 0.15) is 0 Å². The van der Waals surface area contributed by atoms with Crippen molar-refractivity contribution >= 4 is 29.3 Å². The highest BCUT2D eigenvalue weighted by Crippen LogP contribution is 2.10. The SMILES string of the molecule is COC(=O)CCCSCC(=O)Nc1ccc(C)cc1. The Bertz CT molecular complexity index is 417. The van der Waals surface area contributed by atoms with Crippen molar-refractivity contribution in [1.29, 1.82) is 0 Å². The third-order valence-electron chi connectivity index (χ3n) is 2.47. The van der Waals surface area contributed by atoms with E-state index in [1.807, 2.05) is 31.2 Å². The Kier molecular flexibility index (Phi) is 7.03. The van der Waals surface area contributed by atoms with Crippen LogP contribution in [0, 0.1) is 6.92 Å². The van der Waals surface area contributed by atoms with Crippen LogP contribution in [0.1, 0.15) is 18.4 Å². The lowest BCUT2D eigenvalue weighted by Crippen LogP contribution is -2.14. The van der Waals surface area contributed by atoms with E-state index in [1.165, 1.54) is 18.9 Å². The highest BCUT2D eigenvalue weighted by Gasteiger charge is 2.04. The molecule has 1 aromatic rings. The molecule has 0 aliphatic rings. The van der Waals surface area contributed by atoms with Crippen LogP contribution in [0.15, 0.2) is 24.3 Å². The molecular formula is C14H19NO3S. The summed E-state index contributed by atoms with van der Waals surface area (Å²) in [6.45, 7) is 2.00. The molecule has 0 unspecified atom stereocenters. The fraction of sp³-hybridized carbons (Fsp3) is 0.429. The zero-order valence-corrected chi connectivity index (χ0v) is 12.1. The number of methoxy groups -OCH3 is 1. The maximum atomic E-state index is 11.6. The van der Waals surface area contributed by atoms with Gasteiger partial charge < -0.3 is 10.1 Å². The fourth-order valence-electron chi connectivity index (χ4n) is 1.42. The maximum Gasteiger partial charge on any atom is 0.305 e. The van der Waals surface area contributed by atoms with E-state index >= 15 is 0 Å². The highest BCUT2D eigenvalue weighted by molar-refractivity contribution is 7.99. The first-order valence-corrected chi connectivity index (χ1v) is 7.28. The lowest BCUT2D eigenvalue weighted by atomic mass is 10.2. The number of nitrogens with one attached hydrogen (secondary N) is 1. The number of hydrogen-bond acceptors (Lipinski definition) is 4. The average molecular weight is 281 g/mol. The Morgan fingerprint density at radius 2 is 1.95 bits per heavy atom. The van der Waals surface area contributed by atoms with Gasteiger partial charge in [0.05, 0.1) is 12.9 Å². The van der Waals surface area contributed by atoms with Crippen molar-refractivity contribution in [2.45, 2.75) is 19.8 Å². The van der Waals surface area contributed by atoms with Crippen molar-refractivity contribution < 1.29 is 14.3 Å². The summed E-state index contributed by atoms with van der Waals surface area (Å²) in [5, 5.41) is 2.83. The van der Waals surface area contributed by atoms with Gasteiger partial charge in [0.2, 0.25) is 5.91 Å². The van der Waals surface area contributed by atoms with Crippen LogP contribution in [0.5, 0.6) is 0 Å². The van der Waals surface area contributed by atoms with Gasteiger partial charge in [-0.3, -0.25) is 9.59 Å². The predicted octanol–water partition coefficient (Wildman–Crippen LogP) is 2.62. The fourth-order valence-corrected chi connectivity index (χ4v) is 2.17. The van der Waals surface area contributed by atoms with E-state index in [4.69, 9.17) is 0 Å². The normalized spacial score (nSPS) is 10.0. The molecule has 0 radical (unpaired) electrons. The number of esters is 1. The molecule has 0 aliphatic heterocycles. The van der Waals surface area contributed by atoms with Crippen molar-refractivity contribution in [2.24, 2.45) is 0 Å². The molecule has 104 valence electrons. The summed E-state index contributed by atoms with van der Waals surface area (Å²) in [5.74, 6) is 0.947. The van der Waals surface area contributed by atoms with Crippen molar-refractivity contribution in [1.82, 2.24) is 0 Å². The minimum absolute atomic E-state index is 0.0214. The number of ether oxygens (including phenoxy) is 1. The molecule has 19 heavy (non-hydrogen) atoms. The molecule has 0 spiro atoms. The number of rotatable bonds is 7. The molecule has 0 aromatic heterocycles. The quantitative estimate of drug-likeness (QED) is 0.616. The van der Waals surface area contributed by atoms with E-state index in [0.29, 0.717) is 12.2 Å². The van der Waals surface area contributed by atoms with Gasteiger partial charge in [0, 0.05) is 12.1 Å². The standard InChI is InChI=1S/C14H19NO3S/c1-11-5-7-12(8-6-11)15-13(16)10-19-9-3-4-14(17)18-2/h5-8H,3-4,9-10H2,1-2H3,(H,15,16). The molecule has 0 heterocycles. The third kappa shape index (κ3) is 6.86. The summed E-state index contributed by atoms with van der Waals surface area (Å²) in [5.41, 5.74) is 1.97. The number of thioether (sulfide) groups is 1. The number of carbonyl (C=O) groups excluding carboxylic acids is 2. The van der Waals surface area contributed by atoms with Crippen molar-refractivity contribution in [2.75, 3.05) is 23.9 Å². The smallest absolute Gasteiger partial charge is 0.305 e. The Labute approximate surface area is 117 Å². The van der Waals surface area contributed by atoms with Crippen LogP contribution in [-0.2, 0) is 14.3 Å². The minimum Gasteiger partial charge on any atom is -0.469 e. The first-order valence-electron chi connectivity index (χ1n) is 6.13. The van der Waals surface area contributed by atoms with E-state index in [2.05, 4.69) is 10.1 Å². The number of hydrogen-bond donors (Lipinski definition) is 1. The first-order chi connectivity index (χ1) is 9.11. The van der Waals surface area contributed by atoms with Crippen LogP contribution >= 0.6 is 11.8 Å². The number of amides is 1. The summed E-state index contributed by atoms with van der Waals surface area (Å²) in [4.78, 5) is 22.5. The molecule has 1 rings (SSSR count). The zero-order chi connectivity index (χ0) is 14.1. The Morgan fingerprint density at radius 3 is 2.58 bits per heavy atom. The van der Waals surface area contributed by atoms with Gasteiger partial charge in [-0.2, -0.15) is 11.8 Å². The van der Waals surface area contributed by atoms with Crippen molar-refractivity contribution in [3.8, 4) is 0 Å². The zero-order valence-electron chi connectivity index (χ0n) is 11.3. The predicted molar refractivity (Wildman–Crippen MR) is 78.4 cm³/mol. The summed E-state index contributed by atoms with van der Waals surface area (Å²) < 4.78 is 4.54. The van der Waals surface area contributed by atoms with Gasteiger partial charge in [-0.05, 0) is 31.2 Å².